The molecule has 2 unspecified atom stereocenters. The molecule has 0 saturated carbocycles. The van der Waals surface area contributed by atoms with Crippen LogP contribution in [0.25, 0.3) is 0 Å². The number of piperidine rings is 1. The van der Waals surface area contributed by atoms with Gasteiger partial charge in [-0.05, 0) is 11.8 Å². The van der Waals surface area contributed by atoms with Crippen molar-refractivity contribution in [2.45, 2.75) is 33.3 Å². The van der Waals surface area contributed by atoms with Crippen molar-refractivity contribution in [2.75, 3.05) is 6.54 Å². The quantitative estimate of drug-likeness (QED) is 0.576. The third-order valence-electron chi connectivity index (χ3n) is 2.49. The summed E-state index contributed by atoms with van der Waals surface area (Å²) in [6.07, 6.45) is 0.611. The van der Waals surface area contributed by atoms with E-state index in [0.717, 1.165) is 18.7 Å². The van der Waals surface area contributed by atoms with Crippen LogP contribution in [0.5, 0.6) is 0 Å². The molecule has 2 atom stereocenters. The Labute approximate surface area is 74.7 Å². The highest BCUT2D eigenvalue weighted by atomic mass is 16.3. The van der Waals surface area contributed by atoms with Gasteiger partial charge in [0.15, 0.2) is 0 Å². The van der Waals surface area contributed by atoms with Gasteiger partial charge in [-0.1, -0.05) is 27.4 Å². The van der Waals surface area contributed by atoms with Crippen molar-refractivity contribution >= 4 is 0 Å². The zero-order chi connectivity index (χ0) is 9.35. The third kappa shape index (κ3) is 1.81. The molecule has 0 radical (unpaired) electrons. The van der Waals surface area contributed by atoms with Crippen LogP contribution in [-0.4, -0.2) is 17.8 Å². The van der Waals surface area contributed by atoms with E-state index in [4.69, 9.17) is 0 Å². The van der Waals surface area contributed by atoms with Gasteiger partial charge in [0.1, 0.15) is 0 Å². The average Bonchev–Trinajstić information content (AvgIpc) is 1.82. The van der Waals surface area contributed by atoms with Crippen LogP contribution in [0, 0.1) is 11.3 Å². The molecule has 12 heavy (non-hydrogen) atoms. The van der Waals surface area contributed by atoms with Crippen molar-refractivity contribution in [1.82, 2.24) is 5.32 Å². The lowest BCUT2D eigenvalue weighted by Crippen LogP contribution is -2.43. The van der Waals surface area contributed by atoms with Gasteiger partial charge < -0.3 is 10.4 Å². The maximum absolute atomic E-state index is 9.77. The van der Waals surface area contributed by atoms with E-state index < -0.39 is 0 Å². The smallest absolute Gasteiger partial charge is 0.0644 e. The lowest BCUT2D eigenvalue weighted by molar-refractivity contribution is 0.0416. The van der Waals surface area contributed by atoms with E-state index in [1.165, 1.54) is 0 Å². The number of aliphatic hydroxyl groups is 1. The molecular weight excluding hydrogens is 150 g/mol. The molecule has 1 heterocycles. The summed E-state index contributed by atoms with van der Waals surface area (Å²) in [6, 6.07) is 0. The predicted molar refractivity (Wildman–Crippen MR) is 50.7 cm³/mol. The van der Waals surface area contributed by atoms with Crippen LogP contribution in [0.15, 0.2) is 12.3 Å². The second-order valence-electron chi connectivity index (χ2n) is 4.65. The van der Waals surface area contributed by atoms with Gasteiger partial charge in [0, 0.05) is 18.2 Å². The van der Waals surface area contributed by atoms with E-state index >= 15 is 0 Å². The van der Waals surface area contributed by atoms with E-state index in [1.807, 2.05) is 0 Å². The Morgan fingerprint density at radius 2 is 2.08 bits per heavy atom. The lowest BCUT2D eigenvalue weighted by atomic mass is 9.73. The van der Waals surface area contributed by atoms with Crippen LogP contribution >= 0.6 is 0 Å². The summed E-state index contributed by atoms with van der Waals surface area (Å²) in [7, 11) is 0. The van der Waals surface area contributed by atoms with Gasteiger partial charge in [-0.15, -0.1) is 0 Å². The lowest BCUT2D eigenvalue weighted by Gasteiger charge is -2.39. The molecule has 0 aromatic rings. The molecule has 1 saturated heterocycles. The predicted octanol–water partition coefficient (Wildman–Crippen LogP) is 1.52. The summed E-state index contributed by atoms with van der Waals surface area (Å²) >= 11 is 0. The van der Waals surface area contributed by atoms with Crippen LogP contribution in [0.1, 0.15) is 27.2 Å². The van der Waals surface area contributed by atoms with Crippen LogP contribution in [0.3, 0.4) is 0 Å². The van der Waals surface area contributed by atoms with E-state index in [2.05, 4.69) is 32.7 Å². The topological polar surface area (TPSA) is 32.3 Å². The first kappa shape index (κ1) is 9.59. The molecule has 1 fully saturated rings. The SMILES string of the molecule is C=C1NCCC(O)C1C(C)(C)C. The fraction of sp³-hybridized carbons (Fsp3) is 0.800. The summed E-state index contributed by atoms with van der Waals surface area (Å²) in [5.74, 6) is 0.186. The summed E-state index contributed by atoms with van der Waals surface area (Å²) in [6.45, 7) is 11.2. The van der Waals surface area contributed by atoms with E-state index in [0.29, 0.717) is 0 Å². The molecule has 2 heteroatoms. The number of hydrogen-bond acceptors (Lipinski definition) is 2. The molecule has 0 spiro atoms. The minimum absolute atomic E-state index is 0.101. The fourth-order valence-electron chi connectivity index (χ4n) is 1.99. The normalized spacial score (nSPS) is 31.5. The summed E-state index contributed by atoms with van der Waals surface area (Å²) in [5.41, 5.74) is 1.09. The molecule has 0 bridgehead atoms. The Morgan fingerprint density at radius 3 is 2.42 bits per heavy atom. The molecule has 0 amide bonds. The molecule has 0 aromatic carbocycles. The molecule has 0 aromatic heterocycles. The van der Waals surface area contributed by atoms with Crippen molar-refractivity contribution in [3.8, 4) is 0 Å². The van der Waals surface area contributed by atoms with Crippen molar-refractivity contribution in [3.63, 3.8) is 0 Å². The van der Waals surface area contributed by atoms with Crippen molar-refractivity contribution in [1.29, 1.82) is 0 Å². The van der Waals surface area contributed by atoms with E-state index in [1.54, 1.807) is 0 Å². The Hall–Kier alpha value is -0.500. The third-order valence-corrected chi connectivity index (χ3v) is 2.49. The van der Waals surface area contributed by atoms with Crippen molar-refractivity contribution in [3.05, 3.63) is 12.3 Å². The number of aliphatic hydroxyl groups excluding tert-OH is 1. The first-order valence-electron chi connectivity index (χ1n) is 4.53. The van der Waals surface area contributed by atoms with Crippen LogP contribution in [0.4, 0.5) is 0 Å². The monoisotopic (exact) mass is 169 g/mol. The average molecular weight is 169 g/mol. The van der Waals surface area contributed by atoms with Gasteiger partial charge in [-0.3, -0.25) is 0 Å². The highest BCUT2D eigenvalue weighted by molar-refractivity contribution is 5.08. The second kappa shape index (κ2) is 3.09. The molecule has 1 aliphatic rings. The molecule has 70 valence electrons. The molecule has 2 nitrogen and oxygen atoms in total. The maximum Gasteiger partial charge on any atom is 0.0644 e. The zero-order valence-corrected chi connectivity index (χ0v) is 8.22. The zero-order valence-electron chi connectivity index (χ0n) is 8.22. The largest absolute Gasteiger partial charge is 0.392 e. The van der Waals surface area contributed by atoms with Gasteiger partial charge in [0.2, 0.25) is 0 Å². The van der Waals surface area contributed by atoms with Gasteiger partial charge in [-0.25, -0.2) is 0 Å². The Balaban J connectivity index is 2.77. The Kier molecular flexibility index (Phi) is 2.47. The molecule has 1 aliphatic heterocycles. The highest BCUT2D eigenvalue weighted by Crippen LogP contribution is 2.35. The minimum Gasteiger partial charge on any atom is -0.392 e. The van der Waals surface area contributed by atoms with Gasteiger partial charge >= 0.3 is 0 Å². The van der Waals surface area contributed by atoms with Crippen LogP contribution in [0.2, 0.25) is 0 Å². The van der Waals surface area contributed by atoms with Crippen molar-refractivity contribution in [2.24, 2.45) is 11.3 Å². The van der Waals surface area contributed by atoms with Crippen LogP contribution < -0.4 is 5.32 Å². The molecule has 2 N–H and O–H groups in total. The Morgan fingerprint density at radius 1 is 1.50 bits per heavy atom. The number of hydrogen-bond donors (Lipinski definition) is 2. The molecular formula is C10H19NO. The molecule has 1 rings (SSSR count). The van der Waals surface area contributed by atoms with Gasteiger partial charge in [0.05, 0.1) is 6.10 Å². The van der Waals surface area contributed by atoms with Gasteiger partial charge in [0.25, 0.3) is 0 Å². The standard InChI is InChI=1S/C10H19NO/c1-7-9(10(2,3)4)8(12)5-6-11-7/h8-9,11-12H,1,5-6H2,2-4H3. The van der Waals surface area contributed by atoms with Crippen LogP contribution in [-0.2, 0) is 0 Å². The Bertz CT molecular complexity index is 181. The highest BCUT2D eigenvalue weighted by Gasteiger charge is 2.35. The summed E-state index contributed by atoms with van der Waals surface area (Å²) in [4.78, 5) is 0. The fourth-order valence-corrected chi connectivity index (χ4v) is 1.99. The van der Waals surface area contributed by atoms with E-state index in [9.17, 15) is 5.11 Å². The first-order chi connectivity index (χ1) is 5.43. The maximum atomic E-state index is 9.77. The van der Waals surface area contributed by atoms with Crippen molar-refractivity contribution < 1.29 is 5.11 Å². The minimum atomic E-state index is -0.223. The summed E-state index contributed by atoms with van der Waals surface area (Å²) < 4.78 is 0. The molecule has 0 aliphatic carbocycles. The number of rotatable bonds is 0. The summed E-state index contributed by atoms with van der Waals surface area (Å²) in [5, 5.41) is 13.0. The van der Waals surface area contributed by atoms with E-state index in [-0.39, 0.29) is 17.4 Å². The second-order valence-corrected chi connectivity index (χ2v) is 4.65. The number of nitrogens with one attached hydrogen (secondary N) is 1. The first-order valence-corrected chi connectivity index (χ1v) is 4.53. The van der Waals surface area contributed by atoms with Gasteiger partial charge in [-0.2, -0.15) is 0 Å².